The van der Waals surface area contributed by atoms with Gasteiger partial charge in [0.05, 0.1) is 11.7 Å². The number of benzene rings is 1. The van der Waals surface area contributed by atoms with Crippen molar-refractivity contribution in [2.24, 2.45) is 0 Å². The molecule has 1 aliphatic carbocycles. The molecule has 1 aliphatic rings. The van der Waals surface area contributed by atoms with Crippen molar-refractivity contribution < 1.29 is 15.0 Å². The van der Waals surface area contributed by atoms with E-state index in [1.165, 1.54) is 0 Å². The first-order valence-corrected chi connectivity index (χ1v) is 4.65. The van der Waals surface area contributed by atoms with Crippen molar-refractivity contribution in [1.82, 2.24) is 0 Å². The number of carboxylic acid groups (broad SMARTS) is 1. The van der Waals surface area contributed by atoms with E-state index in [4.69, 9.17) is 5.11 Å². The van der Waals surface area contributed by atoms with Gasteiger partial charge in [-0.25, -0.2) is 4.79 Å². The Morgan fingerprint density at radius 2 is 2.21 bits per heavy atom. The van der Waals surface area contributed by atoms with E-state index in [1.54, 1.807) is 12.1 Å². The summed E-state index contributed by atoms with van der Waals surface area (Å²) in [6, 6.07) is 5.17. The number of carbonyl (C=O) groups is 1. The number of hydrogen-bond donors (Lipinski definition) is 2. The first-order valence-electron chi connectivity index (χ1n) is 4.65. The van der Waals surface area contributed by atoms with Gasteiger partial charge < -0.3 is 10.2 Å². The van der Waals surface area contributed by atoms with E-state index in [9.17, 15) is 9.90 Å². The highest BCUT2D eigenvalue weighted by atomic mass is 16.4. The molecule has 3 nitrogen and oxygen atoms in total. The molecule has 0 saturated heterocycles. The minimum absolute atomic E-state index is 0.236. The Bertz CT molecular complexity index is 384. The molecule has 0 unspecified atom stereocenters. The Kier molecular flexibility index (Phi) is 2.04. The van der Waals surface area contributed by atoms with Gasteiger partial charge in [0.15, 0.2) is 0 Å². The van der Waals surface area contributed by atoms with Crippen molar-refractivity contribution >= 4 is 5.97 Å². The molecule has 2 N–H and O–H groups in total. The maximum absolute atomic E-state index is 10.9. The molecule has 0 heterocycles. The molecule has 3 heteroatoms. The van der Waals surface area contributed by atoms with Crippen molar-refractivity contribution in [3.8, 4) is 0 Å². The van der Waals surface area contributed by atoms with Crippen molar-refractivity contribution in [2.75, 3.05) is 0 Å². The highest BCUT2D eigenvalue weighted by Crippen LogP contribution is 2.41. The molecule has 0 aliphatic heterocycles. The molecule has 0 spiro atoms. The number of fused-ring (bicyclic) bond motifs is 1. The fraction of sp³-hybridized carbons (Fsp3) is 0.364. The van der Waals surface area contributed by atoms with Crippen LogP contribution in [-0.4, -0.2) is 16.2 Å². The van der Waals surface area contributed by atoms with Crippen LogP contribution in [0, 0.1) is 0 Å². The molecule has 0 amide bonds. The molecule has 0 saturated carbocycles. The van der Waals surface area contributed by atoms with E-state index in [0.717, 1.165) is 5.56 Å². The van der Waals surface area contributed by atoms with Crippen LogP contribution in [0.2, 0.25) is 0 Å². The molecular weight excluding hydrogens is 180 g/mol. The molecule has 0 fully saturated rings. The zero-order valence-electron chi connectivity index (χ0n) is 7.90. The van der Waals surface area contributed by atoms with Crippen LogP contribution in [0.25, 0.3) is 0 Å². The van der Waals surface area contributed by atoms with Crippen molar-refractivity contribution in [1.29, 1.82) is 0 Å². The molecule has 14 heavy (non-hydrogen) atoms. The monoisotopic (exact) mass is 192 g/mol. The lowest BCUT2D eigenvalue weighted by Crippen LogP contribution is -2.04. The highest BCUT2D eigenvalue weighted by molar-refractivity contribution is 5.90. The average molecular weight is 192 g/mol. The van der Waals surface area contributed by atoms with Gasteiger partial charge in [0.2, 0.25) is 0 Å². The van der Waals surface area contributed by atoms with E-state index in [-0.39, 0.29) is 11.5 Å². The second-order valence-corrected chi connectivity index (χ2v) is 3.77. The molecule has 0 aromatic heterocycles. The number of aliphatic hydroxyl groups excluding tert-OH is 1. The number of aromatic carboxylic acids is 1. The fourth-order valence-electron chi connectivity index (χ4n) is 2.15. The standard InChI is InChI=1S/C11H12O3/c1-6-5-9(12)10-7(6)3-2-4-8(10)11(13)14/h2-4,6,9,12H,5H2,1H3,(H,13,14)/t6-,9+/m1/s1. The predicted octanol–water partition coefficient (Wildman–Crippen LogP) is 1.93. The van der Waals surface area contributed by atoms with Crippen LogP contribution >= 0.6 is 0 Å². The van der Waals surface area contributed by atoms with Gasteiger partial charge in [-0.3, -0.25) is 0 Å². The molecular formula is C11H12O3. The summed E-state index contributed by atoms with van der Waals surface area (Å²) < 4.78 is 0. The molecule has 2 rings (SSSR count). The zero-order valence-corrected chi connectivity index (χ0v) is 7.90. The van der Waals surface area contributed by atoms with Crippen LogP contribution in [0.5, 0.6) is 0 Å². The summed E-state index contributed by atoms with van der Waals surface area (Å²) in [6.45, 7) is 2.00. The summed E-state index contributed by atoms with van der Waals surface area (Å²) in [7, 11) is 0. The van der Waals surface area contributed by atoms with Crippen LogP contribution in [0.1, 0.15) is 46.9 Å². The Labute approximate surface area is 82.0 Å². The third-order valence-corrected chi connectivity index (χ3v) is 2.81. The fourth-order valence-corrected chi connectivity index (χ4v) is 2.15. The van der Waals surface area contributed by atoms with Crippen LogP contribution in [0.15, 0.2) is 18.2 Å². The van der Waals surface area contributed by atoms with Gasteiger partial charge >= 0.3 is 5.97 Å². The molecule has 1 aromatic carbocycles. The lowest BCUT2D eigenvalue weighted by molar-refractivity contribution is 0.0689. The zero-order chi connectivity index (χ0) is 10.3. The largest absolute Gasteiger partial charge is 0.478 e. The van der Waals surface area contributed by atoms with Crippen LogP contribution in [-0.2, 0) is 0 Å². The van der Waals surface area contributed by atoms with Gasteiger partial charge in [-0.1, -0.05) is 19.1 Å². The van der Waals surface area contributed by atoms with E-state index in [2.05, 4.69) is 0 Å². The van der Waals surface area contributed by atoms with Crippen LogP contribution in [0.3, 0.4) is 0 Å². The SMILES string of the molecule is C[C@@H]1C[C@H](O)c2c(C(=O)O)cccc21. The maximum Gasteiger partial charge on any atom is 0.336 e. The first-order chi connectivity index (χ1) is 6.61. The summed E-state index contributed by atoms with van der Waals surface area (Å²) >= 11 is 0. The second kappa shape index (κ2) is 3.10. The summed E-state index contributed by atoms with van der Waals surface area (Å²) in [5.74, 6) is -0.714. The third kappa shape index (κ3) is 1.21. The highest BCUT2D eigenvalue weighted by Gasteiger charge is 2.30. The lowest BCUT2D eigenvalue weighted by Gasteiger charge is -2.07. The Morgan fingerprint density at radius 1 is 1.50 bits per heavy atom. The first kappa shape index (κ1) is 9.21. The van der Waals surface area contributed by atoms with Gasteiger partial charge in [-0.15, -0.1) is 0 Å². The Balaban J connectivity index is 2.62. The number of hydrogen-bond acceptors (Lipinski definition) is 2. The van der Waals surface area contributed by atoms with Crippen molar-refractivity contribution in [3.63, 3.8) is 0 Å². The topological polar surface area (TPSA) is 57.5 Å². The number of carboxylic acids is 1. The maximum atomic E-state index is 10.9. The van der Waals surface area contributed by atoms with Gasteiger partial charge in [-0.2, -0.15) is 0 Å². The predicted molar refractivity (Wildman–Crippen MR) is 51.4 cm³/mol. The summed E-state index contributed by atoms with van der Waals surface area (Å²) in [6.07, 6.45) is 0.00639. The minimum Gasteiger partial charge on any atom is -0.478 e. The Morgan fingerprint density at radius 3 is 2.86 bits per heavy atom. The molecule has 2 atom stereocenters. The molecule has 1 aromatic rings. The van der Waals surface area contributed by atoms with Crippen molar-refractivity contribution in [2.45, 2.75) is 25.4 Å². The number of rotatable bonds is 1. The smallest absolute Gasteiger partial charge is 0.336 e. The lowest BCUT2D eigenvalue weighted by atomic mass is 10.00. The normalized spacial score (nSPS) is 24.7. The van der Waals surface area contributed by atoms with E-state index in [0.29, 0.717) is 12.0 Å². The van der Waals surface area contributed by atoms with Crippen LogP contribution in [0.4, 0.5) is 0 Å². The molecule has 74 valence electrons. The Hall–Kier alpha value is -1.35. The van der Waals surface area contributed by atoms with E-state index in [1.807, 2.05) is 13.0 Å². The second-order valence-electron chi connectivity index (χ2n) is 3.77. The summed E-state index contributed by atoms with van der Waals surface area (Å²) in [5.41, 5.74) is 1.81. The summed E-state index contributed by atoms with van der Waals surface area (Å²) in [4.78, 5) is 10.9. The minimum atomic E-state index is -0.963. The van der Waals surface area contributed by atoms with Gasteiger partial charge in [0.25, 0.3) is 0 Å². The number of aliphatic hydroxyl groups is 1. The molecule has 0 radical (unpaired) electrons. The van der Waals surface area contributed by atoms with E-state index >= 15 is 0 Å². The van der Waals surface area contributed by atoms with Crippen molar-refractivity contribution in [3.05, 3.63) is 34.9 Å². The summed E-state index contributed by atoms with van der Waals surface area (Å²) in [5, 5.41) is 18.7. The van der Waals surface area contributed by atoms with Gasteiger partial charge in [0, 0.05) is 0 Å². The molecule has 0 bridgehead atoms. The van der Waals surface area contributed by atoms with Gasteiger partial charge in [0.1, 0.15) is 0 Å². The van der Waals surface area contributed by atoms with E-state index < -0.39 is 12.1 Å². The van der Waals surface area contributed by atoms with Crippen LogP contribution < -0.4 is 0 Å². The van der Waals surface area contributed by atoms with Gasteiger partial charge in [-0.05, 0) is 29.5 Å². The third-order valence-electron chi connectivity index (χ3n) is 2.81. The average Bonchev–Trinajstić information content (AvgIpc) is 2.43. The quantitative estimate of drug-likeness (QED) is 0.714.